The highest BCUT2D eigenvalue weighted by Crippen LogP contribution is 2.28. The van der Waals surface area contributed by atoms with Gasteiger partial charge in [0.2, 0.25) is 0 Å². The number of aromatic carboxylic acids is 1. The second kappa shape index (κ2) is 6.06. The molecule has 1 heterocycles. The summed E-state index contributed by atoms with van der Waals surface area (Å²) in [4.78, 5) is 15.7. The van der Waals surface area contributed by atoms with Gasteiger partial charge in [-0.2, -0.15) is 0 Å². The van der Waals surface area contributed by atoms with Crippen molar-refractivity contribution in [1.29, 1.82) is 0 Å². The maximum atomic E-state index is 11.0. The van der Waals surface area contributed by atoms with Crippen molar-refractivity contribution < 1.29 is 9.90 Å². The summed E-state index contributed by atoms with van der Waals surface area (Å²) in [5, 5.41) is 9.07. The summed E-state index contributed by atoms with van der Waals surface area (Å²) in [5.74, 6) is -0.849. The minimum atomic E-state index is -0.849. The van der Waals surface area contributed by atoms with Crippen LogP contribution in [0.5, 0.6) is 0 Å². The molecule has 0 saturated carbocycles. The van der Waals surface area contributed by atoms with Crippen LogP contribution in [-0.2, 0) is 6.42 Å². The summed E-state index contributed by atoms with van der Waals surface area (Å²) < 4.78 is 0. The lowest BCUT2D eigenvalue weighted by molar-refractivity contribution is 0.0697. The van der Waals surface area contributed by atoms with Crippen LogP contribution in [0.1, 0.15) is 29.8 Å². The van der Waals surface area contributed by atoms with Crippen molar-refractivity contribution in [2.24, 2.45) is 0 Å². The number of carboxylic acids is 1. The van der Waals surface area contributed by atoms with Crippen molar-refractivity contribution in [3.63, 3.8) is 0 Å². The minimum Gasteiger partial charge on any atom is -0.478 e. The number of benzene rings is 1. The Morgan fingerprint density at radius 1 is 1.37 bits per heavy atom. The summed E-state index contributed by atoms with van der Waals surface area (Å²) in [6, 6.07) is 5.47. The molecule has 0 aromatic heterocycles. The predicted octanol–water partition coefficient (Wildman–Crippen LogP) is 2.09. The second-order valence-corrected chi connectivity index (χ2v) is 4.91. The lowest BCUT2D eigenvalue weighted by Gasteiger charge is -2.24. The largest absolute Gasteiger partial charge is 0.478 e. The van der Waals surface area contributed by atoms with Crippen LogP contribution in [0, 0.1) is 0 Å². The summed E-state index contributed by atoms with van der Waals surface area (Å²) in [6.07, 6.45) is 1.02. The van der Waals surface area contributed by atoms with E-state index in [-0.39, 0.29) is 0 Å². The molecule has 0 saturated heterocycles. The monoisotopic (exact) mass is 262 g/mol. The van der Waals surface area contributed by atoms with E-state index in [1.165, 1.54) is 5.56 Å². The molecule has 0 aliphatic carbocycles. The number of hydrogen-bond acceptors (Lipinski definition) is 3. The average Bonchev–Trinajstić information content (AvgIpc) is 2.82. The third-order valence-corrected chi connectivity index (χ3v) is 3.90. The Morgan fingerprint density at radius 3 is 2.74 bits per heavy atom. The Balaban J connectivity index is 2.07. The molecule has 4 nitrogen and oxygen atoms in total. The highest BCUT2D eigenvalue weighted by molar-refractivity contribution is 5.89. The molecule has 19 heavy (non-hydrogen) atoms. The summed E-state index contributed by atoms with van der Waals surface area (Å²) in [7, 11) is 0. The first-order chi connectivity index (χ1) is 9.15. The van der Waals surface area contributed by atoms with Gasteiger partial charge in [-0.25, -0.2) is 4.79 Å². The standard InChI is InChI=1S/C15H22N2O2/c1-3-16(4-2)9-10-17-8-7-12-5-6-13(15(18)19)11-14(12)17/h5-6,11H,3-4,7-10H2,1-2H3,(H,18,19). The van der Waals surface area contributed by atoms with Gasteiger partial charge >= 0.3 is 5.97 Å². The SMILES string of the molecule is CCN(CC)CCN1CCc2ccc(C(=O)O)cc21. The number of likely N-dealkylation sites (N-methyl/N-ethyl adjacent to an activating group) is 1. The van der Waals surface area contributed by atoms with Crippen LogP contribution in [0.4, 0.5) is 5.69 Å². The van der Waals surface area contributed by atoms with Crippen molar-refractivity contribution in [1.82, 2.24) is 4.90 Å². The second-order valence-electron chi connectivity index (χ2n) is 4.91. The lowest BCUT2D eigenvalue weighted by Crippen LogP contribution is -2.34. The fourth-order valence-corrected chi connectivity index (χ4v) is 2.61. The molecule has 0 fully saturated rings. The maximum Gasteiger partial charge on any atom is 0.335 e. The number of carbonyl (C=O) groups is 1. The van der Waals surface area contributed by atoms with E-state index in [1.807, 2.05) is 12.1 Å². The van der Waals surface area contributed by atoms with E-state index >= 15 is 0 Å². The van der Waals surface area contributed by atoms with Crippen LogP contribution in [0.25, 0.3) is 0 Å². The Labute approximate surface area is 114 Å². The van der Waals surface area contributed by atoms with E-state index in [0.29, 0.717) is 5.56 Å². The fraction of sp³-hybridized carbons (Fsp3) is 0.533. The molecular weight excluding hydrogens is 240 g/mol. The van der Waals surface area contributed by atoms with Crippen LogP contribution in [-0.4, -0.2) is 48.7 Å². The quantitative estimate of drug-likeness (QED) is 0.852. The highest BCUT2D eigenvalue weighted by Gasteiger charge is 2.20. The van der Waals surface area contributed by atoms with E-state index in [0.717, 1.165) is 44.8 Å². The first-order valence-electron chi connectivity index (χ1n) is 6.99. The third-order valence-electron chi connectivity index (χ3n) is 3.90. The van der Waals surface area contributed by atoms with Gasteiger partial charge in [0, 0.05) is 25.3 Å². The molecule has 1 aromatic carbocycles. The van der Waals surface area contributed by atoms with Crippen molar-refractivity contribution >= 4 is 11.7 Å². The first kappa shape index (κ1) is 13.9. The summed E-state index contributed by atoms with van der Waals surface area (Å²) in [6.45, 7) is 9.47. The van der Waals surface area contributed by atoms with E-state index < -0.39 is 5.97 Å². The zero-order chi connectivity index (χ0) is 13.8. The molecule has 0 spiro atoms. The zero-order valence-corrected chi connectivity index (χ0v) is 11.7. The Hall–Kier alpha value is -1.55. The number of hydrogen-bond donors (Lipinski definition) is 1. The minimum absolute atomic E-state index is 0.383. The Bertz CT molecular complexity index is 455. The van der Waals surface area contributed by atoms with Crippen LogP contribution < -0.4 is 4.90 Å². The molecule has 0 bridgehead atoms. The molecule has 4 heteroatoms. The van der Waals surface area contributed by atoms with Crippen molar-refractivity contribution in [2.45, 2.75) is 20.3 Å². The normalized spacial score (nSPS) is 13.9. The number of fused-ring (bicyclic) bond motifs is 1. The zero-order valence-electron chi connectivity index (χ0n) is 11.7. The summed E-state index contributed by atoms with van der Waals surface area (Å²) >= 11 is 0. The maximum absolute atomic E-state index is 11.0. The first-order valence-corrected chi connectivity index (χ1v) is 6.99. The number of rotatable bonds is 6. The van der Waals surface area contributed by atoms with Crippen LogP contribution in [0.15, 0.2) is 18.2 Å². The molecule has 1 aromatic rings. The third kappa shape index (κ3) is 3.07. The smallest absolute Gasteiger partial charge is 0.335 e. The van der Waals surface area contributed by atoms with Gasteiger partial charge in [-0.1, -0.05) is 19.9 Å². The van der Waals surface area contributed by atoms with Crippen LogP contribution >= 0.6 is 0 Å². The molecule has 2 rings (SSSR count). The van der Waals surface area contributed by atoms with Crippen molar-refractivity contribution in [3.05, 3.63) is 29.3 Å². The fourth-order valence-electron chi connectivity index (χ4n) is 2.61. The summed E-state index contributed by atoms with van der Waals surface area (Å²) in [5.41, 5.74) is 2.75. The number of nitrogens with zero attached hydrogens (tertiary/aromatic N) is 2. The van der Waals surface area contributed by atoms with Gasteiger partial charge in [-0.3, -0.25) is 0 Å². The van der Waals surface area contributed by atoms with Gasteiger partial charge < -0.3 is 14.9 Å². The molecule has 1 aliphatic rings. The van der Waals surface area contributed by atoms with Gasteiger partial charge in [-0.15, -0.1) is 0 Å². The van der Waals surface area contributed by atoms with E-state index in [1.54, 1.807) is 6.07 Å². The van der Waals surface area contributed by atoms with Gasteiger partial charge in [0.15, 0.2) is 0 Å². The number of carboxylic acid groups (broad SMARTS) is 1. The van der Waals surface area contributed by atoms with Gasteiger partial charge in [0.1, 0.15) is 0 Å². The Morgan fingerprint density at radius 2 is 2.11 bits per heavy atom. The van der Waals surface area contributed by atoms with Gasteiger partial charge in [-0.05, 0) is 37.2 Å². The van der Waals surface area contributed by atoms with E-state index in [2.05, 4.69) is 23.6 Å². The van der Waals surface area contributed by atoms with E-state index in [9.17, 15) is 4.79 Å². The van der Waals surface area contributed by atoms with Gasteiger partial charge in [0.25, 0.3) is 0 Å². The molecule has 1 aliphatic heterocycles. The molecule has 0 amide bonds. The lowest BCUT2D eigenvalue weighted by atomic mass is 10.1. The van der Waals surface area contributed by atoms with E-state index in [4.69, 9.17) is 5.11 Å². The topological polar surface area (TPSA) is 43.8 Å². The molecule has 0 unspecified atom stereocenters. The van der Waals surface area contributed by atoms with Crippen molar-refractivity contribution in [2.75, 3.05) is 37.6 Å². The average molecular weight is 262 g/mol. The molecular formula is C15H22N2O2. The predicted molar refractivity (Wildman–Crippen MR) is 77.1 cm³/mol. The van der Waals surface area contributed by atoms with Crippen molar-refractivity contribution in [3.8, 4) is 0 Å². The van der Waals surface area contributed by atoms with Gasteiger partial charge in [0.05, 0.1) is 5.56 Å². The highest BCUT2D eigenvalue weighted by atomic mass is 16.4. The molecule has 1 N–H and O–H groups in total. The van der Waals surface area contributed by atoms with Crippen LogP contribution in [0.2, 0.25) is 0 Å². The molecule has 104 valence electrons. The number of anilines is 1. The molecule has 0 radical (unpaired) electrons. The van der Waals surface area contributed by atoms with Crippen LogP contribution in [0.3, 0.4) is 0 Å². The Kier molecular flexibility index (Phi) is 4.43. The molecule has 0 atom stereocenters.